The van der Waals surface area contributed by atoms with Crippen molar-refractivity contribution in [2.75, 3.05) is 20.2 Å². The summed E-state index contributed by atoms with van der Waals surface area (Å²) in [7, 11) is 1.41. The Labute approximate surface area is 243 Å². The van der Waals surface area contributed by atoms with Crippen LogP contribution in [0.4, 0.5) is 8.78 Å². The number of carbonyl (C=O) groups excluding carboxylic acids is 2. The number of amides is 2. The molecule has 2 aliphatic heterocycles. The topological polar surface area (TPSA) is 72.7 Å². The molecule has 42 heavy (non-hydrogen) atoms. The number of halogens is 2. The van der Waals surface area contributed by atoms with Crippen LogP contribution in [0.1, 0.15) is 40.7 Å². The maximum absolute atomic E-state index is 14.7. The van der Waals surface area contributed by atoms with Gasteiger partial charge in [0.1, 0.15) is 19.3 Å². The minimum Gasteiger partial charge on any atom is -0.493 e. The fourth-order valence-electron chi connectivity index (χ4n) is 5.31. The summed E-state index contributed by atoms with van der Waals surface area (Å²) in [6, 6.07) is 20.3. The Bertz CT molecular complexity index is 1460. The second-order valence-electron chi connectivity index (χ2n) is 10.3. The minimum absolute atomic E-state index is 0.0145. The van der Waals surface area contributed by atoms with Gasteiger partial charge in [0.15, 0.2) is 11.5 Å². The quantitative estimate of drug-likeness (QED) is 0.312. The zero-order chi connectivity index (χ0) is 29.7. The number of alkyl halides is 2. The van der Waals surface area contributed by atoms with Crippen molar-refractivity contribution in [3.63, 3.8) is 0 Å². The van der Waals surface area contributed by atoms with Crippen molar-refractivity contribution in [1.82, 2.24) is 9.80 Å². The second-order valence-corrected chi connectivity index (χ2v) is 10.3. The molecule has 0 spiro atoms. The summed E-state index contributed by atoms with van der Waals surface area (Å²) in [5.74, 6) is -4.01. The Hall–Kier alpha value is -4.65. The molecule has 2 heterocycles. The van der Waals surface area contributed by atoms with E-state index in [1.807, 2.05) is 60.7 Å². The highest BCUT2D eigenvalue weighted by atomic mass is 19.3. The lowest BCUT2D eigenvalue weighted by atomic mass is 10.1. The predicted molar refractivity (Wildman–Crippen MR) is 150 cm³/mol. The Morgan fingerprint density at radius 3 is 2.19 bits per heavy atom. The van der Waals surface area contributed by atoms with E-state index < -0.39 is 42.9 Å². The van der Waals surface area contributed by atoms with Crippen LogP contribution >= 0.6 is 0 Å². The summed E-state index contributed by atoms with van der Waals surface area (Å²) in [4.78, 5) is 32.9. The van der Waals surface area contributed by atoms with Crippen molar-refractivity contribution >= 4 is 11.8 Å². The maximum Gasteiger partial charge on any atom is 0.300 e. The van der Waals surface area contributed by atoms with Gasteiger partial charge in [-0.15, -0.1) is 0 Å². The number of hydrogen-bond donors (Lipinski definition) is 0. The van der Waals surface area contributed by atoms with Crippen LogP contribution in [0.15, 0.2) is 72.8 Å². The second kappa shape index (κ2) is 12.5. The highest BCUT2D eigenvalue weighted by molar-refractivity contribution is 5.99. The van der Waals surface area contributed by atoms with Gasteiger partial charge in [0.05, 0.1) is 13.7 Å². The lowest BCUT2D eigenvalue weighted by Gasteiger charge is -2.27. The van der Waals surface area contributed by atoms with E-state index in [9.17, 15) is 18.4 Å². The lowest BCUT2D eigenvalue weighted by molar-refractivity contribution is -0.135. The van der Waals surface area contributed by atoms with Crippen molar-refractivity contribution < 1.29 is 32.6 Å². The van der Waals surface area contributed by atoms with E-state index >= 15 is 0 Å². The zero-order valence-electron chi connectivity index (χ0n) is 23.2. The van der Waals surface area contributed by atoms with Gasteiger partial charge >= 0.3 is 6.17 Å². The number of likely N-dealkylation sites (tertiary alicyclic amines) is 2. The van der Waals surface area contributed by atoms with Gasteiger partial charge in [-0.2, -0.15) is 0 Å². The van der Waals surface area contributed by atoms with Gasteiger partial charge in [-0.25, -0.2) is 15.4 Å². The number of ether oxygens (including phenoxy) is 3. The highest BCUT2D eigenvalue weighted by Gasteiger charge is 2.52. The summed E-state index contributed by atoms with van der Waals surface area (Å²) < 4.78 is 47.2. The summed E-state index contributed by atoms with van der Waals surface area (Å²) in [5, 5.41) is 0. The average Bonchev–Trinajstić information content (AvgIpc) is 3.63. The third-order valence-electron chi connectivity index (χ3n) is 7.42. The first-order valence-corrected chi connectivity index (χ1v) is 13.7. The van der Waals surface area contributed by atoms with Crippen molar-refractivity contribution in [1.29, 1.82) is 0 Å². The lowest BCUT2D eigenvalue weighted by Crippen LogP contribution is -2.48. The molecule has 0 saturated carbocycles. The van der Waals surface area contributed by atoms with Gasteiger partial charge in [0.2, 0.25) is 5.75 Å². The SMILES string of the molecule is [C-]#[N+]C1CCCN1C(=O)[C@@H]1CC(F)(F)CN1C(=O)c1cc(OC)c(OCc2ccccc2)c(OCc2ccccc2)c1. The molecular formula is C32H31F2N3O5. The largest absolute Gasteiger partial charge is 0.493 e. The van der Waals surface area contributed by atoms with Crippen molar-refractivity contribution in [3.05, 3.63) is 101 Å². The van der Waals surface area contributed by atoms with E-state index in [4.69, 9.17) is 20.8 Å². The first-order chi connectivity index (χ1) is 20.3. The molecule has 2 fully saturated rings. The van der Waals surface area contributed by atoms with Crippen LogP contribution in [0.3, 0.4) is 0 Å². The summed E-state index contributed by atoms with van der Waals surface area (Å²) in [5.41, 5.74) is 1.78. The molecule has 2 amide bonds. The number of carbonyl (C=O) groups is 2. The van der Waals surface area contributed by atoms with Gasteiger partial charge in [0, 0.05) is 24.9 Å². The van der Waals surface area contributed by atoms with E-state index in [-0.39, 0.29) is 36.0 Å². The smallest absolute Gasteiger partial charge is 0.300 e. The molecule has 2 saturated heterocycles. The number of benzene rings is 3. The van der Waals surface area contributed by atoms with E-state index in [0.717, 1.165) is 16.0 Å². The fraction of sp³-hybridized carbons (Fsp3) is 0.344. The third kappa shape index (κ3) is 6.30. The van der Waals surface area contributed by atoms with E-state index in [2.05, 4.69) is 4.85 Å². The molecule has 218 valence electrons. The Balaban J connectivity index is 1.47. The molecule has 3 aromatic rings. The molecular weight excluding hydrogens is 544 g/mol. The van der Waals surface area contributed by atoms with Crippen LogP contribution in [0, 0.1) is 6.57 Å². The van der Waals surface area contributed by atoms with Gasteiger partial charge < -0.3 is 19.1 Å². The summed E-state index contributed by atoms with van der Waals surface area (Å²) in [6.07, 6.45) is -0.413. The molecule has 10 heteroatoms. The first kappa shape index (κ1) is 28.9. The monoisotopic (exact) mass is 575 g/mol. The zero-order valence-corrected chi connectivity index (χ0v) is 23.2. The van der Waals surface area contributed by atoms with E-state index in [0.29, 0.717) is 19.4 Å². The van der Waals surface area contributed by atoms with Crippen molar-refractivity contribution in [3.8, 4) is 17.2 Å². The number of rotatable bonds is 9. The Kier molecular flexibility index (Phi) is 8.57. The predicted octanol–water partition coefficient (Wildman–Crippen LogP) is 5.57. The maximum atomic E-state index is 14.7. The molecule has 2 aliphatic rings. The molecule has 0 N–H and O–H groups in total. The van der Waals surface area contributed by atoms with Crippen LogP contribution in [0.5, 0.6) is 17.2 Å². The molecule has 0 bridgehead atoms. The Morgan fingerprint density at radius 1 is 0.952 bits per heavy atom. The van der Waals surface area contributed by atoms with Gasteiger partial charge in [-0.05, 0) is 29.7 Å². The molecule has 8 nitrogen and oxygen atoms in total. The molecule has 0 radical (unpaired) electrons. The van der Waals surface area contributed by atoms with Crippen molar-refractivity contribution in [2.24, 2.45) is 0 Å². The molecule has 0 aliphatic carbocycles. The average molecular weight is 576 g/mol. The fourth-order valence-corrected chi connectivity index (χ4v) is 5.31. The first-order valence-electron chi connectivity index (χ1n) is 13.7. The van der Waals surface area contributed by atoms with Crippen LogP contribution in [-0.4, -0.2) is 59.9 Å². The summed E-state index contributed by atoms with van der Waals surface area (Å²) in [6.45, 7) is 7.12. The minimum atomic E-state index is -3.25. The van der Waals surface area contributed by atoms with E-state index in [1.165, 1.54) is 24.1 Å². The van der Waals surface area contributed by atoms with Gasteiger partial charge in [0.25, 0.3) is 17.7 Å². The van der Waals surface area contributed by atoms with Crippen LogP contribution in [0.2, 0.25) is 0 Å². The van der Waals surface area contributed by atoms with Crippen LogP contribution in [0.25, 0.3) is 4.85 Å². The van der Waals surface area contributed by atoms with E-state index in [1.54, 1.807) is 0 Å². The van der Waals surface area contributed by atoms with Crippen LogP contribution in [-0.2, 0) is 18.0 Å². The van der Waals surface area contributed by atoms with Gasteiger partial charge in [-0.1, -0.05) is 60.7 Å². The number of nitrogens with zero attached hydrogens (tertiary/aromatic N) is 3. The van der Waals surface area contributed by atoms with Crippen molar-refractivity contribution in [2.45, 2.75) is 50.6 Å². The van der Waals surface area contributed by atoms with Crippen LogP contribution < -0.4 is 14.2 Å². The van der Waals surface area contributed by atoms with Gasteiger partial charge in [-0.3, -0.25) is 19.3 Å². The summed E-state index contributed by atoms with van der Waals surface area (Å²) >= 11 is 0. The highest BCUT2D eigenvalue weighted by Crippen LogP contribution is 2.42. The number of hydrogen-bond acceptors (Lipinski definition) is 5. The molecule has 3 aromatic carbocycles. The third-order valence-corrected chi connectivity index (χ3v) is 7.42. The number of methoxy groups -OCH3 is 1. The normalized spacial score (nSPS) is 19.3. The molecule has 5 rings (SSSR count). The molecule has 0 aromatic heterocycles. The molecule has 2 atom stereocenters. The Morgan fingerprint density at radius 2 is 1.57 bits per heavy atom. The molecule has 1 unspecified atom stereocenters. The standard InChI is InChI=1S/C32H31F2N3O5/c1-35-28-14-9-15-36(28)31(39)25-18-32(33,34)21-37(25)30(38)24-16-26(40-2)29(42-20-23-12-7-4-8-13-23)27(17-24)41-19-22-10-5-3-6-11-22/h3-8,10-13,16-17,25,28H,9,14-15,18-21H2,2H3/t25-,28?/m0/s1.